The second-order valence-corrected chi connectivity index (χ2v) is 8.34. The van der Waals surface area contributed by atoms with E-state index in [1.54, 1.807) is 14.2 Å². The molecule has 0 aliphatic heterocycles. The molecule has 8 heteroatoms. The van der Waals surface area contributed by atoms with Gasteiger partial charge in [0.05, 0.1) is 19.8 Å². The number of hydrogen-bond acceptors (Lipinski definition) is 6. The van der Waals surface area contributed by atoms with Gasteiger partial charge in [-0.1, -0.05) is 33.8 Å². The molecular weight excluding hydrogens is 451 g/mol. The van der Waals surface area contributed by atoms with E-state index in [0.717, 1.165) is 43.9 Å². The summed E-state index contributed by atoms with van der Waals surface area (Å²) in [5, 5.41) is 10.6. The van der Waals surface area contributed by atoms with Gasteiger partial charge in [-0.05, 0) is 55.5 Å². The van der Waals surface area contributed by atoms with Gasteiger partial charge < -0.3 is 30.0 Å². The first kappa shape index (κ1) is 33.4. The first-order chi connectivity index (χ1) is 14.4. The lowest BCUT2D eigenvalue weighted by Crippen LogP contribution is -2.45. The lowest BCUT2D eigenvalue weighted by molar-refractivity contribution is 0.0839. The number of benzene rings is 1. The summed E-state index contributed by atoms with van der Waals surface area (Å²) in [6.45, 7) is 12.4. The van der Waals surface area contributed by atoms with Crippen molar-refractivity contribution in [3.8, 4) is 11.5 Å². The maximum absolute atomic E-state index is 10.6. The zero-order valence-corrected chi connectivity index (χ0v) is 22.3. The van der Waals surface area contributed by atoms with Crippen LogP contribution in [0.15, 0.2) is 18.2 Å². The van der Waals surface area contributed by atoms with Crippen LogP contribution in [0.4, 0.5) is 0 Å². The van der Waals surface area contributed by atoms with Gasteiger partial charge in [0.25, 0.3) is 0 Å². The minimum absolute atomic E-state index is 0. The van der Waals surface area contributed by atoms with Crippen LogP contribution in [0.3, 0.4) is 0 Å². The molecule has 32 heavy (non-hydrogen) atoms. The number of ether oxygens (including phenoxy) is 3. The van der Waals surface area contributed by atoms with E-state index in [9.17, 15) is 5.11 Å². The van der Waals surface area contributed by atoms with Gasteiger partial charge in [-0.2, -0.15) is 0 Å². The molecule has 0 amide bonds. The van der Waals surface area contributed by atoms with Crippen LogP contribution in [-0.4, -0.2) is 69.2 Å². The van der Waals surface area contributed by atoms with Crippen molar-refractivity contribution in [1.82, 2.24) is 4.90 Å². The molecule has 0 aliphatic rings. The van der Waals surface area contributed by atoms with E-state index in [1.165, 1.54) is 5.56 Å². The van der Waals surface area contributed by atoms with Gasteiger partial charge in [0, 0.05) is 32.7 Å². The number of aliphatic hydroxyl groups is 1. The molecule has 0 bridgehead atoms. The molecular formula is C24H46Cl2N2O4. The van der Waals surface area contributed by atoms with Gasteiger partial charge in [-0.15, -0.1) is 24.8 Å². The van der Waals surface area contributed by atoms with E-state index in [2.05, 4.69) is 44.7 Å². The molecule has 0 radical (unpaired) electrons. The molecule has 0 fully saturated rings. The third kappa shape index (κ3) is 11.9. The summed E-state index contributed by atoms with van der Waals surface area (Å²) < 4.78 is 16.5. The fraction of sp³-hybridized carbons (Fsp3) is 0.750. The summed E-state index contributed by atoms with van der Waals surface area (Å²) in [5.74, 6) is 2.34. The van der Waals surface area contributed by atoms with Crippen LogP contribution in [0, 0.1) is 11.8 Å². The highest BCUT2D eigenvalue weighted by atomic mass is 35.5. The molecule has 0 unspecified atom stereocenters. The van der Waals surface area contributed by atoms with E-state index < -0.39 is 6.10 Å². The van der Waals surface area contributed by atoms with Gasteiger partial charge in [0.15, 0.2) is 11.5 Å². The molecule has 1 aromatic rings. The third-order valence-corrected chi connectivity index (χ3v) is 5.83. The van der Waals surface area contributed by atoms with Crippen molar-refractivity contribution in [3.63, 3.8) is 0 Å². The van der Waals surface area contributed by atoms with Crippen molar-refractivity contribution in [1.29, 1.82) is 0 Å². The Labute approximate surface area is 208 Å². The molecule has 3 atom stereocenters. The number of nitrogens with two attached hydrogens (primary N) is 1. The zero-order valence-electron chi connectivity index (χ0n) is 20.7. The standard InChI is InChI=1S/C24H44N2O4.2ClH/c1-7-26(8-2)17-22(27)21(25)16-20(18(3)4)14-19-10-11-23(29-6)24(15-19)30-13-9-12-28-5;;/h10-11,15,18,20-22,27H,7-9,12-14,16-17,25H2,1-6H3;2*1H/t20-,21-,22-;;/m0../s1. The highest BCUT2D eigenvalue weighted by Crippen LogP contribution is 2.31. The van der Waals surface area contributed by atoms with Gasteiger partial charge in [0.1, 0.15) is 0 Å². The fourth-order valence-electron chi connectivity index (χ4n) is 3.63. The predicted octanol–water partition coefficient (Wildman–Crippen LogP) is 4.19. The molecule has 3 N–H and O–H groups in total. The Hall–Kier alpha value is -0.760. The quantitative estimate of drug-likeness (QED) is 0.334. The Kier molecular flexibility index (Phi) is 19.5. The van der Waals surface area contributed by atoms with Crippen LogP contribution in [0.5, 0.6) is 11.5 Å². The Morgan fingerprint density at radius 3 is 2.22 bits per heavy atom. The van der Waals surface area contributed by atoms with Crippen molar-refractivity contribution in [2.45, 2.75) is 59.1 Å². The topological polar surface area (TPSA) is 77.2 Å². The average Bonchev–Trinajstić information content (AvgIpc) is 2.74. The summed E-state index contributed by atoms with van der Waals surface area (Å²) in [6.07, 6.45) is 2.00. The Morgan fingerprint density at radius 2 is 1.69 bits per heavy atom. The van der Waals surface area contributed by atoms with Crippen LogP contribution in [0.2, 0.25) is 0 Å². The predicted molar refractivity (Wildman–Crippen MR) is 138 cm³/mol. The van der Waals surface area contributed by atoms with Crippen LogP contribution in [0.25, 0.3) is 0 Å². The van der Waals surface area contributed by atoms with Crippen molar-refractivity contribution >= 4 is 24.8 Å². The van der Waals surface area contributed by atoms with Crippen LogP contribution < -0.4 is 15.2 Å². The normalized spacial score (nSPS) is 13.8. The van der Waals surface area contributed by atoms with Crippen molar-refractivity contribution < 1.29 is 19.3 Å². The average molecular weight is 498 g/mol. The smallest absolute Gasteiger partial charge is 0.161 e. The minimum Gasteiger partial charge on any atom is -0.493 e. The number of rotatable bonds is 16. The largest absolute Gasteiger partial charge is 0.493 e. The summed E-state index contributed by atoms with van der Waals surface area (Å²) in [5.41, 5.74) is 7.60. The van der Waals surface area contributed by atoms with Crippen LogP contribution in [-0.2, 0) is 11.2 Å². The lowest BCUT2D eigenvalue weighted by Gasteiger charge is -2.30. The molecule has 0 saturated heterocycles. The molecule has 1 rings (SSSR count). The van der Waals surface area contributed by atoms with E-state index in [-0.39, 0.29) is 30.9 Å². The monoisotopic (exact) mass is 496 g/mol. The number of nitrogens with zero attached hydrogens (tertiary/aromatic N) is 1. The molecule has 0 saturated carbocycles. The van der Waals surface area contributed by atoms with Crippen molar-refractivity contribution in [2.24, 2.45) is 17.6 Å². The second kappa shape index (κ2) is 18.6. The summed E-state index contributed by atoms with van der Waals surface area (Å²) in [6, 6.07) is 5.89. The molecule has 1 aromatic carbocycles. The zero-order chi connectivity index (χ0) is 22.5. The van der Waals surface area contributed by atoms with Gasteiger partial charge in [-0.3, -0.25) is 0 Å². The van der Waals surface area contributed by atoms with E-state index in [0.29, 0.717) is 31.6 Å². The van der Waals surface area contributed by atoms with Gasteiger partial charge in [0.2, 0.25) is 0 Å². The lowest BCUT2D eigenvalue weighted by atomic mass is 9.83. The van der Waals surface area contributed by atoms with Crippen molar-refractivity contribution in [2.75, 3.05) is 47.1 Å². The first-order valence-electron chi connectivity index (χ1n) is 11.3. The van der Waals surface area contributed by atoms with Crippen molar-refractivity contribution in [3.05, 3.63) is 23.8 Å². The number of halogens is 2. The molecule has 190 valence electrons. The van der Waals surface area contributed by atoms with E-state index in [1.807, 2.05) is 6.07 Å². The molecule has 6 nitrogen and oxygen atoms in total. The summed E-state index contributed by atoms with van der Waals surface area (Å²) >= 11 is 0. The maximum atomic E-state index is 10.6. The van der Waals surface area contributed by atoms with Gasteiger partial charge >= 0.3 is 0 Å². The molecule has 0 aromatic heterocycles. The SMILES string of the molecule is CCN(CC)C[C@H](O)[C@@H](N)C[C@H](Cc1ccc(OC)c(OCCCOC)c1)C(C)C.Cl.Cl. The number of likely N-dealkylation sites (N-methyl/N-ethyl adjacent to an activating group) is 1. The maximum Gasteiger partial charge on any atom is 0.161 e. The number of hydrogen-bond donors (Lipinski definition) is 2. The number of methoxy groups -OCH3 is 2. The van der Waals surface area contributed by atoms with Crippen LogP contribution in [0.1, 0.15) is 46.1 Å². The molecule has 0 heterocycles. The summed E-state index contributed by atoms with van der Waals surface area (Å²) in [7, 11) is 3.35. The summed E-state index contributed by atoms with van der Waals surface area (Å²) in [4.78, 5) is 2.21. The second-order valence-electron chi connectivity index (χ2n) is 8.34. The van der Waals surface area contributed by atoms with E-state index >= 15 is 0 Å². The Balaban J connectivity index is 0. The first-order valence-corrected chi connectivity index (χ1v) is 11.3. The Bertz CT molecular complexity index is 589. The highest BCUT2D eigenvalue weighted by Gasteiger charge is 2.24. The van der Waals surface area contributed by atoms with Crippen LogP contribution >= 0.6 is 24.8 Å². The Morgan fingerprint density at radius 1 is 1.03 bits per heavy atom. The molecule has 0 aliphatic carbocycles. The third-order valence-electron chi connectivity index (χ3n) is 5.83. The van der Waals surface area contributed by atoms with E-state index in [4.69, 9.17) is 19.9 Å². The highest BCUT2D eigenvalue weighted by molar-refractivity contribution is 5.85. The minimum atomic E-state index is -0.512. The van der Waals surface area contributed by atoms with Gasteiger partial charge in [-0.25, -0.2) is 0 Å². The fourth-order valence-corrected chi connectivity index (χ4v) is 3.63. The molecule has 0 spiro atoms. The number of aliphatic hydroxyl groups excluding tert-OH is 1.